The maximum atomic E-state index is 14.0. The number of benzene rings is 3. The maximum Gasteiger partial charge on any atom is 0.338 e. The van der Waals surface area contributed by atoms with Gasteiger partial charge >= 0.3 is 5.97 Å². The van der Waals surface area contributed by atoms with Crippen LogP contribution in [-0.2, 0) is 9.53 Å². The summed E-state index contributed by atoms with van der Waals surface area (Å²) in [7, 11) is 0. The van der Waals surface area contributed by atoms with Crippen molar-refractivity contribution in [2.24, 2.45) is 4.99 Å². The van der Waals surface area contributed by atoms with Crippen LogP contribution in [0.1, 0.15) is 43.5 Å². The summed E-state index contributed by atoms with van der Waals surface area (Å²) in [5, 5.41) is 0. The molecule has 6 nitrogen and oxygen atoms in total. The molecule has 0 radical (unpaired) electrons. The number of carbonyl (C=O) groups excluding carboxylic acids is 1. The number of rotatable bonds is 8. The van der Waals surface area contributed by atoms with Gasteiger partial charge in [-0.05, 0) is 68.5 Å². The van der Waals surface area contributed by atoms with E-state index in [0.717, 1.165) is 27.3 Å². The molecule has 0 saturated heterocycles. The number of thiazole rings is 1. The van der Waals surface area contributed by atoms with Gasteiger partial charge in [-0.1, -0.05) is 65.9 Å². The van der Waals surface area contributed by atoms with E-state index >= 15 is 0 Å². The Morgan fingerprint density at radius 3 is 2.38 bits per heavy atom. The lowest BCUT2D eigenvalue weighted by molar-refractivity contribution is -0.138. The molecule has 8 heteroatoms. The first-order chi connectivity index (χ1) is 19.4. The Morgan fingerprint density at radius 1 is 1.05 bits per heavy atom. The maximum absolute atomic E-state index is 14.0. The molecule has 0 amide bonds. The molecule has 40 heavy (non-hydrogen) atoms. The third-order valence-corrected chi connectivity index (χ3v) is 8.08. The Kier molecular flexibility index (Phi) is 8.38. The molecule has 1 aromatic heterocycles. The van der Waals surface area contributed by atoms with Crippen LogP contribution < -0.4 is 19.6 Å². The lowest BCUT2D eigenvalue weighted by atomic mass is 9.93. The summed E-state index contributed by atoms with van der Waals surface area (Å²) in [6, 6.07) is 24.5. The number of nitrogens with zero attached hydrogens (tertiary/aromatic N) is 2. The molecule has 2 heterocycles. The zero-order valence-corrected chi connectivity index (χ0v) is 24.4. The summed E-state index contributed by atoms with van der Waals surface area (Å²) in [5.41, 5.74) is 3.12. The van der Waals surface area contributed by atoms with Crippen LogP contribution in [0.4, 0.5) is 0 Å². The average Bonchev–Trinajstić information content (AvgIpc) is 3.27. The van der Waals surface area contributed by atoms with Crippen molar-refractivity contribution in [2.45, 2.75) is 37.8 Å². The SMILES string of the molecule is CCOC(=O)C1=C(c2ccccc2)N=c2s/c(=C\c3ccc(OC(C)C)cc3)c(=O)n2[C@H]1c1ccc(SC)cc1. The molecule has 0 unspecified atom stereocenters. The lowest BCUT2D eigenvalue weighted by Crippen LogP contribution is -2.40. The minimum atomic E-state index is -0.689. The molecule has 204 valence electrons. The summed E-state index contributed by atoms with van der Waals surface area (Å²) in [5.74, 6) is 0.285. The van der Waals surface area contributed by atoms with Gasteiger partial charge in [0.2, 0.25) is 0 Å². The summed E-state index contributed by atoms with van der Waals surface area (Å²) in [4.78, 5) is 34.0. The number of hydrogen-bond acceptors (Lipinski definition) is 7. The van der Waals surface area contributed by atoms with Crippen molar-refractivity contribution in [3.8, 4) is 5.75 Å². The zero-order valence-electron chi connectivity index (χ0n) is 22.8. The molecule has 0 N–H and O–H groups in total. The van der Waals surface area contributed by atoms with Gasteiger partial charge in [-0.15, -0.1) is 11.8 Å². The number of thioether (sulfide) groups is 1. The highest BCUT2D eigenvalue weighted by Gasteiger charge is 2.35. The Balaban J connectivity index is 1.74. The highest BCUT2D eigenvalue weighted by atomic mass is 32.2. The van der Waals surface area contributed by atoms with E-state index in [-0.39, 0.29) is 18.3 Å². The van der Waals surface area contributed by atoms with Crippen molar-refractivity contribution in [3.05, 3.63) is 121 Å². The van der Waals surface area contributed by atoms with E-state index in [0.29, 0.717) is 20.6 Å². The molecular formula is C32H30N2O4S2. The van der Waals surface area contributed by atoms with Crippen LogP contribution in [0.5, 0.6) is 5.75 Å². The third-order valence-electron chi connectivity index (χ3n) is 6.35. The van der Waals surface area contributed by atoms with E-state index in [4.69, 9.17) is 14.5 Å². The van der Waals surface area contributed by atoms with Crippen molar-refractivity contribution in [1.82, 2.24) is 4.57 Å². The third kappa shape index (κ3) is 5.69. The number of fused-ring (bicyclic) bond motifs is 1. The predicted octanol–water partition coefficient (Wildman–Crippen LogP) is 5.44. The fraction of sp³-hybridized carbons (Fsp3) is 0.219. The monoisotopic (exact) mass is 570 g/mol. The molecule has 1 atom stereocenters. The fourth-order valence-electron chi connectivity index (χ4n) is 4.61. The van der Waals surface area contributed by atoms with E-state index in [1.54, 1.807) is 23.3 Å². The van der Waals surface area contributed by atoms with Crippen LogP contribution in [-0.4, -0.2) is 29.5 Å². The highest BCUT2D eigenvalue weighted by molar-refractivity contribution is 7.98. The zero-order chi connectivity index (χ0) is 28.2. The molecule has 5 rings (SSSR count). The van der Waals surface area contributed by atoms with E-state index in [1.807, 2.05) is 105 Å². The molecule has 0 aliphatic carbocycles. The van der Waals surface area contributed by atoms with Gasteiger partial charge in [-0.2, -0.15) is 0 Å². The van der Waals surface area contributed by atoms with Gasteiger partial charge in [0, 0.05) is 10.5 Å². The lowest BCUT2D eigenvalue weighted by Gasteiger charge is -2.26. The standard InChI is InChI=1S/C32H30N2O4S2/c1-5-37-31(36)27-28(22-9-7-6-8-10-22)33-32-34(29(27)23-13-17-25(39-4)18-14-23)30(35)26(40-32)19-21-11-15-24(16-12-21)38-20(2)3/h6-20,29H,5H2,1-4H3/b26-19-/t29-/m0/s1. The fourth-order valence-corrected chi connectivity index (χ4v) is 6.02. The Hall–Kier alpha value is -3.88. The van der Waals surface area contributed by atoms with Gasteiger partial charge in [0.15, 0.2) is 4.80 Å². The van der Waals surface area contributed by atoms with Gasteiger partial charge in [0.1, 0.15) is 5.75 Å². The molecule has 0 fully saturated rings. The van der Waals surface area contributed by atoms with Crippen molar-refractivity contribution < 1.29 is 14.3 Å². The normalized spacial score (nSPS) is 15.1. The molecule has 0 bridgehead atoms. The van der Waals surface area contributed by atoms with Crippen molar-refractivity contribution in [3.63, 3.8) is 0 Å². The largest absolute Gasteiger partial charge is 0.491 e. The van der Waals surface area contributed by atoms with Crippen LogP contribution in [0.15, 0.2) is 99.1 Å². The highest BCUT2D eigenvalue weighted by Crippen LogP contribution is 2.35. The first-order valence-corrected chi connectivity index (χ1v) is 15.1. The predicted molar refractivity (Wildman–Crippen MR) is 161 cm³/mol. The van der Waals surface area contributed by atoms with Crippen molar-refractivity contribution in [1.29, 1.82) is 0 Å². The van der Waals surface area contributed by atoms with Crippen LogP contribution in [0.25, 0.3) is 11.8 Å². The molecule has 0 spiro atoms. The van der Waals surface area contributed by atoms with E-state index in [2.05, 4.69) is 0 Å². The summed E-state index contributed by atoms with van der Waals surface area (Å²) in [6.45, 7) is 5.95. The van der Waals surface area contributed by atoms with Crippen LogP contribution in [0.2, 0.25) is 0 Å². The number of aromatic nitrogens is 1. The van der Waals surface area contributed by atoms with Crippen molar-refractivity contribution in [2.75, 3.05) is 12.9 Å². The van der Waals surface area contributed by atoms with Gasteiger partial charge in [-0.3, -0.25) is 9.36 Å². The van der Waals surface area contributed by atoms with Gasteiger partial charge in [0.25, 0.3) is 5.56 Å². The van der Waals surface area contributed by atoms with E-state index < -0.39 is 12.0 Å². The first-order valence-electron chi connectivity index (χ1n) is 13.1. The van der Waals surface area contributed by atoms with Crippen LogP contribution >= 0.6 is 23.1 Å². The van der Waals surface area contributed by atoms with E-state index in [9.17, 15) is 9.59 Å². The summed E-state index contributed by atoms with van der Waals surface area (Å²) >= 11 is 2.94. The number of carbonyl (C=O) groups is 1. The Bertz CT molecular complexity index is 1720. The summed E-state index contributed by atoms with van der Waals surface area (Å²) in [6.07, 6.45) is 3.94. The second kappa shape index (κ2) is 12.1. The molecular weight excluding hydrogens is 540 g/mol. The van der Waals surface area contributed by atoms with Crippen LogP contribution in [0, 0.1) is 0 Å². The molecule has 1 aliphatic rings. The topological polar surface area (TPSA) is 69.9 Å². The van der Waals surface area contributed by atoms with Gasteiger partial charge in [-0.25, -0.2) is 9.79 Å². The molecule has 0 saturated carbocycles. The van der Waals surface area contributed by atoms with Gasteiger partial charge in [0.05, 0.1) is 34.6 Å². The second-order valence-electron chi connectivity index (χ2n) is 9.44. The number of hydrogen-bond donors (Lipinski definition) is 0. The van der Waals surface area contributed by atoms with Crippen LogP contribution in [0.3, 0.4) is 0 Å². The summed E-state index contributed by atoms with van der Waals surface area (Å²) < 4.78 is 13.4. The molecule has 1 aliphatic heterocycles. The smallest absolute Gasteiger partial charge is 0.338 e. The minimum absolute atomic E-state index is 0.0759. The van der Waals surface area contributed by atoms with Crippen molar-refractivity contribution >= 4 is 40.8 Å². The minimum Gasteiger partial charge on any atom is -0.491 e. The molecule has 3 aromatic carbocycles. The number of ether oxygens (including phenoxy) is 2. The average molecular weight is 571 g/mol. The van der Waals surface area contributed by atoms with E-state index in [1.165, 1.54) is 11.3 Å². The number of esters is 1. The molecule has 4 aromatic rings. The van der Waals surface area contributed by atoms with Gasteiger partial charge < -0.3 is 9.47 Å². The second-order valence-corrected chi connectivity index (χ2v) is 11.3. The first kappa shape index (κ1) is 27.7. The Labute approximate surface area is 241 Å². The quantitative estimate of drug-likeness (QED) is 0.208. The Morgan fingerprint density at radius 2 is 1.75 bits per heavy atom.